The number of carbonyl (C=O) groups is 1. The molecule has 0 heterocycles. The van der Waals surface area contributed by atoms with E-state index in [2.05, 4.69) is 15.9 Å². The molecule has 0 radical (unpaired) electrons. The molecule has 0 aliphatic rings. The third kappa shape index (κ3) is 4.08. The molecule has 1 N–H and O–H groups in total. The fourth-order valence-corrected chi connectivity index (χ4v) is 2.11. The lowest BCUT2D eigenvalue weighted by Crippen LogP contribution is -2.14. The quantitative estimate of drug-likeness (QED) is 0.470. The SMILES string of the molecule is CCOC(=O)/C(=C\I)[C@@H](O)c1ccc(Br)cc1. The van der Waals surface area contributed by atoms with Gasteiger partial charge in [-0.1, -0.05) is 50.7 Å². The first-order valence-electron chi connectivity index (χ1n) is 5.01. The lowest BCUT2D eigenvalue weighted by Gasteiger charge is -2.13. The van der Waals surface area contributed by atoms with Gasteiger partial charge in [-0.25, -0.2) is 4.79 Å². The van der Waals surface area contributed by atoms with Gasteiger partial charge in [0.25, 0.3) is 0 Å². The van der Waals surface area contributed by atoms with Crippen LogP contribution in [0.15, 0.2) is 38.4 Å². The minimum Gasteiger partial charge on any atom is -0.463 e. The van der Waals surface area contributed by atoms with Gasteiger partial charge in [0.15, 0.2) is 0 Å². The lowest BCUT2D eigenvalue weighted by atomic mass is 10.0. The zero-order chi connectivity index (χ0) is 12.8. The van der Waals surface area contributed by atoms with E-state index >= 15 is 0 Å². The summed E-state index contributed by atoms with van der Waals surface area (Å²) >= 11 is 5.23. The molecule has 1 aromatic rings. The molecule has 3 nitrogen and oxygen atoms in total. The Hall–Kier alpha value is -0.400. The van der Waals surface area contributed by atoms with E-state index in [1.165, 1.54) is 0 Å². The number of carbonyl (C=O) groups excluding carboxylic acids is 1. The molecule has 5 heteroatoms. The van der Waals surface area contributed by atoms with Crippen molar-refractivity contribution in [1.82, 2.24) is 0 Å². The van der Waals surface area contributed by atoms with Crippen LogP contribution in [-0.2, 0) is 9.53 Å². The Kier molecular flexibility index (Phi) is 6.15. The predicted molar refractivity (Wildman–Crippen MR) is 77.8 cm³/mol. The summed E-state index contributed by atoms with van der Waals surface area (Å²) in [4.78, 5) is 11.6. The molecule has 0 fully saturated rings. The standard InChI is InChI=1S/C12H12BrIO3/c1-2-17-12(16)10(7-14)11(15)8-3-5-9(13)6-4-8/h3-7,11,15H,2H2,1H3/b10-7-/t11-/m0/s1. The van der Waals surface area contributed by atoms with Crippen molar-refractivity contribution in [1.29, 1.82) is 0 Å². The van der Waals surface area contributed by atoms with Gasteiger partial charge < -0.3 is 9.84 Å². The number of hydrogen-bond acceptors (Lipinski definition) is 3. The van der Waals surface area contributed by atoms with Crippen LogP contribution < -0.4 is 0 Å². The van der Waals surface area contributed by atoms with Crippen LogP contribution in [0.4, 0.5) is 0 Å². The number of benzene rings is 1. The van der Waals surface area contributed by atoms with Crippen LogP contribution in [0.5, 0.6) is 0 Å². The highest BCUT2D eigenvalue weighted by atomic mass is 127. The summed E-state index contributed by atoms with van der Waals surface area (Å²) in [6.45, 7) is 2.02. The zero-order valence-electron chi connectivity index (χ0n) is 9.19. The summed E-state index contributed by atoms with van der Waals surface area (Å²) in [7, 11) is 0. The Bertz CT molecular complexity index is 414. The monoisotopic (exact) mass is 410 g/mol. The van der Waals surface area contributed by atoms with Crippen LogP contribution in [0.3, 0.4) is 0 Å². The van der Waals surface area contributed by atoms with Gasteiger partial charge in [-0.05, 0) is 28.7 Å². The molecular formula is C12H12BrIO3. The molecule has 0 unspecified atom stereocenters. The Balaban J connectivity index is 2.90. The van der Waals surface area contributed by atoms with Crippen molar-refractivity contribution < 1.29 is 14.6 Å². The van der Waals surface area contributed by atoms with Crippen LogP contribution >= 0.6 is 38.5 Å². The van der Waals surface area contributed by atoms with Crippen LogP contribution in [0.1, 0.15) is 18.6 Å². The second kappa shape index (κ2) is 7.13. The number of aliphatic hydroxyl groups is 1. The topological polar surface area (TPSA) is 46.5 Å². The smallest absolute Gasteiger partial charge is 0.337 e. The molecule has 1 aromatic carbocycles. The van der Waals surface area contributed by atoms with Crippen molar-refractivity contribution in [2.45, 2.75) is 13.0 Å². The predicted octanol–water partition coefficient (Wildman–Crippen LogP) is 3.36. The summed E-state index contributed by atoms with van der Waals surface area (Å²) in [6, 6.07) is 7.14. The maximum absolute atomic E-state index is 11.6. The van der Waals surface area contributed by atoms with E-state index in [9.17, 15) is 9.90 Å². The molecule has 0 bridgehead atoms. The average Bonchev–Trinajstić information content (AvgIpc) is 2.31. The van der Waals surface area contributed by atoms with Gasteiger partial charge in [0.05, 0.1) is 12.2 Å². The van der Waals surface area contributed by atoms with Crippen LogP contribution in [0, 0.1) is 0 Å². The van der Waals surface area contributed by atoms with Gasteiger partial charge in [-0.3, -0.25) is 0 Å². The van der Waals surface area contributed by atoms with Crippen molar-refractivity contribution in [3.8, 4) is 0 Å². The highest BCUT2D eigenvalue weighted by Gasteiger charge is 2.20. The largest absolute Gasteiger partial charge is 0.463 e. The van der Waals surface area contributed by atoms with E-state index in [1.807, 2.05) is 34.7 Å². The van der Waals surface area contributed by atoms with Crippen molar-refractivity contribution in [3.63, 3.8) is 0 Å². The molecular weight excluding hydrogens is 399 g/mol. The van der Waals surface area contributed by atoms with E-state index in [4.69, 9.17) is 4.74 Å². The van der Waals surface area contributed by atoms with Gasteiger partial charge in [-0.2, -0.15) is 0 Å². The maximum atomic E-state index is 11.6. The van der Waals surface area contributed by atoms with Gasteiger partial charge in [0, 0.05) is 4.47 Å². The van der Waals surface area contributed by atoms with E-state index in [0.29, 0.717) is 12.2 Å². The maximum Gasteiger partial charge on any atom is 0.337 e. The average molecular weight is 411 g/mol. The Labute approximate surface area is 122 Å². The van der Waals surface area contributed by atoms with Crippen molar-refractivity contribution in [3.05, 3.63) is 44.0 Å². The van der Waals surface area contributed by atoms with E-state index in [0.717, 1.165) is 4.47 Å². The molecule has 1 atom stereocenters. The first-order chi connectivity index (χ1) is 8.10. The first kappa shape index (κ1) is 14.7. The molecule has 0 saturated carbocycles. The molecule has 0 aliphatic heterocycles. The second-order valence-electron chi connectivity index (χ2n) is 3.24. The molecule has 92 valence electrons. The fourth-order valence-electron chi connectivity index (χ4n) is 1.25. The third-order valence-electron chi connectivity index (χ3n) is 2.11. The molecule has 0 aromatic heterocycles. The summed E-state index contributed by atoms with van der Waals surface area (Å²) in [5.74, 6) is -0.489. The van der Waals surface area contributed by atoms with Crippen LogP contribution in [0.2, 0.25) is 0 Å². The molecule has 0 amide bonds. The molecule has 17 heavy (non-hydrogen) atoms. The van der Waals surface area contributed by atoms with Crippen molar-refractivity contribution >= 4 is 44.5 Å². The van der Waals surface area contributed by atoms with Gasteiger partial charge >= 0.3 is 5.97 Å². The minimum absolute atomic E-state index is 0.245. The Morgan fingerprint density at radius 2 is 2.12 bits per heavy atom. The van der Waals surface area contributed by atoms with Crippen LogP contribution in [-0.4, -0.2) is 17.7 Å². The highest BCUT2D eigenvalue weighted by Crippen LogP contribution is 2.25. The zero-order valence-corrected chi connectivity index (χ0v) is 12.9. The number of ether oxygens (including phenoxy) is 1. The highest BCUT2D eigenvalue weighted by molar-refractivity contribution is 14.1. The first-order valence-corrected chi connectivity index (χ1v) is 7.05. The van der Waals surface area contributed by atoms with Gasteiger partial charge in [0.1, 0.15) is 6.10 Å². The fraction of sp³-hybridized carbons (Fsp3) is 0.250. The normalized spacial score (nSPS) is 13.3. The summed E-state index contributed by atoms with van der Waals surface area (Å²) < 4.78 is 7.35. The van der Waals surface area contributed by atoms with E-state index in [-0.39, 0.29) is 5.57 Å². The van der Waals surface area contributed by atoms with E-state index < -0.39 is 12.1 Å². The minimum atomic E-state index is -0.959. The molecule has 0 aliphatic carbocycles. The molecule has 0 spiro atoms. The van der Waals surface area contributed by atoms with E-state index in [1.54, 1.807) is 23.1 Å². The number of esters is 1. The molecule has 0 saturated heterocycles. The second-order valence-corrected chi connectivity index (χ2v) is 4.78. The van der Waals surface area contributed by atoms with Gasteiger partial charge in [0.2, 0.25) is 0 Å². The summed E-state index contributed by atoms with van der Waals surface area (Å²) in [5.41, 5.74) is 0.902. The Morgan fingerprint density at radius 3 is 2.59 bits per heavy atom. The van der Waals surface area contributed by atoms with Crippen molar-refractivity contribution in [2.75, 3.05) is 6.61 Å². The number of halogens is 2. The molecule has 1 rings (SSSR count). The van der Waals surface area contributed by atoms with Crippen molar-refractivity contribution in [2.24, 2.45) is 0 Å². The third-order valence-corrected chi connectivity index (χ3v) is 3.31. The summed E-state index contributed by atoms with van der Waals surface area (Å²) in [5, 5.41) is 10.1. The van der Waals surface area contributed by atoms with Gasteiger partial charge in [-0.15, -0.1) is 0 Å². The Morgan fingerprint density at radius 1 is 1.53 bits per heavy atom. The number of rotatable bonds is 4. The lowest BCUT2D eigenvalue weighted by molar-refractivity contribution is -0.139. The summed E-state index contributed by atoms with van der Waals surface area (Å²) in [6.07, 6.45) is -0.959. The van der Waals surface area contributed by atoms with Crippen LogP contribution in [0.25, 0.3) is 0 Å². The number of aliphatic hydroxyl groups excluding tert-OH is 1. The number of hydrogen-bond donors (Lipinski definition) is 1.